The Kier molecular flexibility index (Phi) is 8.05. The van der Waals surface area contributed by atoms with Crippen molar-refractivity contribution in [1.82, 2.24) is 5.32 Å². The first-order valence-corrected chi connectivity index (χ1v) is 7.09. The average molecular weight is 316 g/mol. The van der Waals surface area contributed by atoms with Crippen molar-refractivity contribution in [3.63, 3.8) is 0 Å². The van der Waals surface area contributed by atoms with Gasteiger partial charge >= 0.3 is 0 Å². The summed E-state index contributed by atoms with van der Waals surface area (Å²) in [6.45, 7) is 2.75. The highest BCUT2D eigenvalue weighted by Gasteiger charge is 2.03. The lowest BCUT2D eigenvalue weighted by Crippen LogP contribution is -2.20. The van der Waals surface area contributed by atoms with Crippen molar-refractivity contribution < 1.29 is 9.47 Å². The molecule has 0 radical (unpaired) electrons. The molecule has 4 heteroatoms. The summed E-state index contributed by atoms with van der Waals surface area (Å²) in [4.78, 5) is 0. The summed E-state index contributed by atoms with van der Waals surface area (Å²) < 4.78 is 11.4. The van der Waals surface area contributed by atoms with E-state index in [9.17, 15) is 0 Å². The molecule has 0 atom stereocenters. The Morgan fingerprint density at radius 1 is 1.17 bits per heavy atom. The fourth-order valence-electron chi connectivity index (χ4n) is 1.81. The Labute approximate surface area is 118 Å². The first kappa shape index (κ1) is 15.5. The number of unbranched alkanes of at least 4 members (excludes halogenated alkanes) is 1. The summed E-state index contributed by atoms with van der Waals surface area (Å²) >= 11 is 3.49. The SMILES string of the molecule is COCCNCCCCc1cc(Br)ccc1OC. The number of aryl methyl sites for hydroxylation is 1. The maximum absolute atomic E-state index is 5.36. The van der Waals surface area contributed by atoms with Crippen LogP contribution in [0.4, 0.5) is 0 Å². The zero-order chi connectivity index (χ0) is 13.2. The Morgan fingerprint density at radius 3 is 2.72 bits per heavy atom. The molecule has 0 aromatic heterocycles. The second-order valence-electron chi connectivity index (χ2n) is 4.16. The molecule has 0 bridgehead atoms. The summed E-state index contributed by atoms with van der Waals surface area (Å²) in [7, 11) is 3.44. The number of methoxy groups -OCH3 is 2. The van der Waals surface area contributed by atoms with Crippen molar-refractivity contribution >= 4 is 15.9 Å². The molecule has 0 aliphatic rings. The van der Waals surface area contributed by atoms with Crippen LogP contribution in [0.3, 0.4) is 0 Å². The molecule has 18 heavy (non-hydrogen) atoms. The molecule has 0 spiro atoms. The van der Waals surface area contributed by atoms with Gasteiger partial charge in [-0.3, -0.25) is 0 Å². The molecule has 1 aromatic rings. The normalized spacial score (nSPS) is 10.6. The molecule has 3 nitrogen and oxygen atoms in total. The summed E-state index contributed by atoms with van der Waals surface area (Å²) in [6.07, 6.45) is 3.38. The van der Waals surface area contributed by atoms with Crippen LogP contribution in [-0.2, 0) is 11.2 Å². The van der Waals surface area contributed by atoms with Crippen LogP contribution in [0.1, 0.15) is 18.4 Å². The second-order valence-corrected chi connectivity index (χ2v) is 5.07. The molecule has 0 amide bonds. The molecule has 1 aromatic carbocycles. The third kappa shape index (κ3) is 5.85. The number of hydrogen-bond donors (Lipinski definition) is 1. The van der Waals surface area contributed by atoms with E-state index in [2.05, 4.69) is 27.3 Å². The van der Waals surface area contributed by atoms with Crippen LogP contribution < -0.4 is 10.1 Å². The minimum atomic E-state index is 0.777. The van der Waals surface area contributed by atoms with E-state index in [1.54, 1.807) is 14.2 Å². The molecule has 0 saturated heterocycles. The van der Waals surface area contributed by atoms with E-state index in [1.807, 2.05) is 12.1 Å². The van der Waals surface area contributed by atoms with Crippen LogP contribution in [0.5, 0.6) is 5.75 Å². The van der Waals surface area contributed by atoms with Crippen LogP contribution in [-0.4, -0.2) is 33.9 Å². The van der Waals surface area contributed by atoms with Gasteiger partial charge in [-0.15, -0.1) is 0 Å². The molecule has 0 saturated carbocycles. The largest absolute Gasteiger partial charge is 0.496 e. The van der Waals surface area contributed by atoms with E-state index in [0.717, 1.165) is 42.8 Å². The van der Waals surface area contributed by atoms with Gasteiger partial charge in [0, 0.05) is 18.1 Å². The van der Waals surface area contributed by atoms with Crippen LogP contribution in [0.15, 0.2) is 22.7 Å². The highest BCUT2D eigenvalue weighted by Crippen LogP contribution is 2.24. The summed E-state index contributed by atoms with van der Waals surface area (Å²) in [5.41, 5.74) is 1.27. The fourth-order valence-corrected chi connectivity index (χ4v) is 2.22. The van der Waals surface area contributed by atoms with Crippen molar-refractivity contribution in [2.24, 2.45) is 0 Å². The summed E-state index contributed by atoms with van der Waals surface area (Å²) in [6, 6.07) is 6.15. The molecular formula is C14H22BrNO2. The van der Waals surface area contributed by atoms with Gasteiger partial charge in [-0.05, 0) is 49.6 Å². The minimum Gasteiger partial charge on any atom is -0.496 e. The van der Waals surface area contributed by atoms with E-state index >= 15 is 0 Å². The van der Waals surface area contributed by atoms with E-state index in [1.165, 1.54) is 12.0 Å². The third-order valence-electron chi connectivity index (χ3n) is 2.78. The van der Waals surface area contributed by atoms with Crippen LogP contribution >= 0.6 is 15.9 Å². The number of rotatable bonds is 9. The molecule has 1 N–H and O–H groups in total. The number of hydrogen-bond acceptors (Lipinski definition) is 3. The maximum atomic E-state index is 5.36. The van der Waals surface area contributed by atoms with Crippen molar-refractivity contribution in [3.05, 3.63) is 28.2 Å². The van der Waals surface area contributed by atoms with Crippen molar-refractivity contribution in [2.75, 3.05) is 33.9 Å². The molecule has 0 heterocycles. The lowest BCUT2D eigenvalue weighted by atomic mass is 10.1. The number of halogens is 1. The molecule has 0 fully saturated rings. The van der Waals surface area contributed by atoms with Gasteiger partial charge < -0.3 is 14.8 Å². The maximum Gasteiger partial charge on any atom is 0.122 e. The highest BCUT2D eigenvalue weighted by molar-refractivity contribution is 9.10. The van der Waals surface area contributed by atoms with Gasteiger partial charge in [0.15, 0.2) is 0 Å². The number of ether oxygens (including phenoxy) is 2. The zero-order valence-electron chi connectivity index (χ0n) is 11.2. The third-order valence-corrected chi connectivity index (χ3v) is 3.27. The zero-order valence-corrected chi connectivity index (χ0v) is 12.8. The smallest absolute Gasteiger partial charge is 0.122 e. The van der Waals surface area contributed by atoms with Gasteiger partial charge in [0.2, 0.25) is 0 Å². The van der Waals surface area contributed by atoms with Gasteiger partial charge in [-0.1, -0.05) is 15.9 Å². The molecule has 102 valence electrons. The van der Waals surface area contributed by atoms with Crippen molar-refractivity contribution in [1.29, 1.82) is 0 Å². The van der Waals surface area contributed by atoms with Crippen molar-refractivity contribution in [2.45, 2.75) is 19.3 Å². The number of benzene rings is 1. The van der Waals surface area contributed by atoms with Gasteiger partial charge in [0.05, 0.1) is 13.7 Å². The fraction of sp³-hybridized carbons (Fsp3) is 0.571. The highest BCUT2D eigenvalue weighted by atomic mass is 79.9. The van der Waals surface area contributed by atoms with E-state index in [-0.39, 0.29) is 0 Å². The quantitative estimate of drug-likeness (QED) is 0.711. The standard InChI is InChI=1S/C14H22BrNO2/c1-17-10-9-16-8-4-3-5-12-11-13(15)6-7-14(12)18-2/h6-7,11,16H,3-5,8-10H2,1-2H3. The molecule has 1 rings (SSSR count). The van der Waals surface area contributed by atoms with E-state index in [4.69, 9.17) is 9.47 Å². The summed E-state index contributed by atoms with van der Waals surface area (Å²) in [5.74, 6) is 0.977. The summed E-state index contributed by atoms with van der Waals surface area (Å²) in [5, 5.41) is 3.35. The Balaban J connectivity index is 2.24. The van der Waals surface area contributed by atoms with Crippen LogP contribution in [0, 0.1) is 0 Å². The topological polar surface area (TPSA) is 30.5 Å². The molecule has 0 unspecified atom stereocenters. The Morgan fingerprint density at radius 2 is 2.00 bits per heavy atom. The first-order chi connectivity index (χ1) is 8.77. The predicted octanol–water partition coefficient (Wildman–Crippen LogP) is 3.02. The Bertz CT molecular complexity index is 345. The van der Waals surface area contributed by atoms with E-state index < -0.39 is 0 Å². The minimum absolute atomic E-state index is 0.777. The lowest BCUT2D eigenvalue weighted by Gasteiger charge is -2.09. The van der Waals surface area contributed by atoms with Crippen LogP contribution in [0.25, 0.3) is 0 Å². The van der Waals surface area contributed by atoms with Crippen molar-refractivity contribution in [3.8, 4) is 5.75 Å². The lowest BCUT2D eigenvalue weighted by molar-refractivity contribution is 0.199. The number of nitrogens with one attached hydrogen (secondary N) is 1. The molecule has 0 aliphatic carbocycles. The van der Waals surface area contributed by atoms with Crippen LogP contribution in [0.2, 0.25) is 0 Å². The van der Waals surface area contributed by atoms with E-state index in [0.29, 0.717) is 0 Å². The van der Waals surface area contributed by atoms with Gasteiger partial charge in [-0.25, -0.2) is 0 Å². The predicted molar refractivity (Wildman–Crippen MR) is 78.4 cm³/mol. The molecule has 0 aliphatic heterocycles. The first-order valence-electron chi connectivity index (χ1n) is 6.30. The van der Waals surface area contributed by atoms with Gasteiger partial charge in [-0.2, -0.15) is 0 Å². The Hall–Kier alpha value is -0.580. The monoisotopic (exact) mass is 315 g/mol. The molecular weight excluding hydrogens is 294 g/mol. The van der Waals surface area contributed by atoms with Gasteiger partial charge in [0.25, 0.3) is 0 Å². The van der Waals surface area contributed by atoms with Gasteiger partial charge in [0.1, 0.15) is 5.75 Å². The average Bonchev–Trinajstić information content (AvgIpc) is 2.38. The second kappa shape index (κ2) is 9.36.